The van der Waals surface area contributed by atoms with Gasteiger partial charge in [-0.1, -0.05) is 18.2 Å². The van der Waals surface area contributed by atoms with Crippen molar-refractivity contribution < 1.29 is 18.7 Å². The third kappa shape index (κ3) is 5.70. The molecule has 1 heterocycles. The van der Waals surface area contributed by atoms with Crippen molar-refractivity contribution in [2.24, 2.45) is 0 Å². The van der Waals surface area contributed by atoms with E-state index in [1.54, 1.807) is 38.5 Å². The zero-order valence-electron chi connectivity index (χ0n) is 16.9. The van der Waals surface area contributed by atoms with Gasteiger partial charge in [0.25, 0.3) is 5.91 Å². The first-order chi connectivity index (χ1) is 14.6. The Labute approximate surface area is 175 Å². The summed E-state index contributed by atoms with van der Waals surface area (Å²) in [4.78, 5) is 16.6. The lowest BCUT2D eigenvalue weighted by atomic mass is 10.1. The van der Waals surface area contributed by atoms with Gasteiger partial charge >= 0.3 is 0 Å². The van der Waals surface area contributed by atoms with Crippen molar-refractivity contribution in [2.75, 3.05) is 26.1 Å². The van der Waals surface area contributed by atoms with Crippen LogP contribution in [-0.2, 0) is 13.0 Å². The number of carbonyl (C=O) groups excluding carboxylic acids is 1. The highest BCUT2D eigenvalue weighted by atomic mass is 19.1. The molecule has 0 fully saturated rings. The first-order valence-electron chi connectivity index (χ1n) is 9.52. The largest absolute Gasteiger partial charge is 0.493 e. The van der Waals surface area contributed by atoms with Gasteiger partial charge in [-0.3, -0.25) is 4.79 Å². The van der Waals surface area contributed by atoms with E-state index in [2.05, 4.69) is 15.6 Å². The number of anilines is 1. The van der Waals surface area contributed by atoms with Crippen LogP contribution in [0.2, 0.25) is 0 Å². The zero-order valence-corrected chi connectivity index (χ0v) is 16.9. The number of methoxy groups -OCH3 is 2. The van der Waals surface area contributed by atoms with Crippen LogP contribution < -0.4 is 20.1 Å². The fraction of sp³-hybridized carbons (Fsp3) is 0.217. The highest BCUT2D eigenvalue weighted by Crippen LogP contribution is 2.27. The highest BCUT2D eigenvalue weighted by Gasteiger charge is 2.08. The number of carbonyl (C=O) groups is 1. The summed E-state index contributed by atoms with van der Waals surface area (Å²) in [6, 6.07) is 15.4. The third-order valence-electron chi connectivity index (χ3n) is 4.56. The van der Waals surface area contributed by atoms with E-state index in [0.29, 0.717) is 42.4 Å². The molecule has 0 unspecified atom stereocenters. The molecular weight excluding hydrogens is 385 g/mol. The number of pyridine rings is 1. The number of rotatable bonds is 9. The average molecular weight is 409 g/mol. The van der Waals surface area contributed by atoms with Gasteiger partial charge in [-0.25, -0.2) is 9.37 Å². The Morgan fingerprint density at radius 2 is 1.70 bits per heavy atom. The number of hydrogen-bond acceptors (Lipinski definition) is 5. The minimum atomic E-state index is -0.265. The predicted octanol–water partition coefficient (Wildman–Crippen LogP) is 3.82. The fourth-order valence-electron chi connectivity index (χ4n) is 2.89. The lowest BCUT2D eigenvalue weighted by Gasteiger charge is -2.10. The maximum atomic E-state index is 12.9. The molecule has 0 spiro atoms. The molecule has 6 nitrogen and oxygen atoms in total. The summed E-state index contributed by atoms with van der Waals surface area (Å²) >= 11 is 0. The Kier molecular flexibility index (Phi) is 7.21. The molecule has 2 aromatic carbocycles. The number of nitrogens with one attached hydrogen (secondary N) is 2. The quantitative estimate of drug-likeness (QED) is 0.562. The fourth-order valence-corrected chi connectivity index (χ4v) is 2.89. The van der Waals surface area contributed by atoms with E-state index < -0.39 is 0 Å². The second kappa shape index (κ2) is 10.2. The number of aromatic nitrogens is 1. The normalized spacial score (nSPS) is 10.4. The Morgan fingerprint density at radius 3 is 2.37 bits per heavy atom. The number of ether oxygens (including phenoxy) is 2. The van der Waals surface area contributed by atoms with E-state index in [9.17, 15) is 9.18 Å². The van der Waals surface area contributed by atoms with Crippen LogP contribution in [0.3, 0.4) is 0 Å². The lowest BCUT2D eigenvalue weighted by molar-refractivity contribution is 0.0954. The smallest absolute Gasteiger partial charge is 0.252 e. The molecule has 0 bridgehead atoms. The molecule has 30 heavy (non-hydrogen) atoms. The van der Waals surface area contributed by atoms with Crippen molar-refractivity contribution in [2.45, 2.75) is 13.0 Å². The van der Waals surface area contributed by atoms with Gasteiger partial charge in [0.05, 0.1) is 19.8 Å². The molecular formula is C23H24FN3O3. The monoisotopic (exact) mass is 409 g/mol. The summed E-state index contributed by atoms with van der Waals surface area (Å²) in [5.41, 5.74) is 2.45. The van der Waals surface area contributed by atoms with Gasteiger partial charge in [0, 0.05) is 19.3 Å². The standard InChI is InChI=1S/C23H24FN3O3/c1-29-20-9-5-16(13-21(20)30-2)11-12-25-23(28)18-6-10-22(27-15-18)26-14-17-3-7-19(24)8-4-17/h3-10,13,15H,11-12,14H2,1-2H3,(H,25,28)(H,26,27). The Balaban J connectivity index is 1.48. The van der Waals surface area contributed by atoms with Crippen LogP contribution in [0.25, 0.3) is 0 Å². The van der Waals surface area contributed by atoms with E-state index in [4.69, 9.17) is 9.47 Å². The van der Waals surface area contributed by atoms with Crippen LogP contribution in [-0.4, -0.2) is 31.7 Å². The first-order valence-corrected chi connectivity index (χ1v) is 9.52. The molecule has 0 saturated heterocycles. The zero-order chi connectivity index (χ0) is 21.3. The van der Waals surface area contributed by atoms with E-state index in [0.717, 1.165) is 11.1 Å². The van der Waals surface area contributed by atoms with Gasteiger partial charge in [0.2, 0.25) is 0 Å². The van der Waals surface area contributed by atoms with Gasteiger partial charge in [-0.15, -0.1) is 0 Å². The Hall–Kier alpha value is -3.61. The molecule has 3 rings (SSSR count). The van der Waals surface area contributed by atoms with Gasteiger partial charge < -0.3 is 20.1 Å². The number of nitrogens with zero attached hydrogens (tertiary/aromatic N) is 1. The Bertz CT molecular complexity index is 976. The molecule has 7 heteroatoms. The molecule has 0 aliphatic heterocycles. The van der Waals surface area contributed by atoms with E-state index in [1.807, 2.05) is 18.2 Å². The predicted molar refractivity (Wildman–Crippen MR) is 114 cm³/mol. The summed E-state index contributed by atoms with van der Waals surface area (Å²) in [7, 11) is 3.18. The number of halogens is 1. The van der Waals surface area contributed by atoms with E-state index in [1.165, 1.54) is 18.3 Å². The molecule has 0 atom stereocenters. The Morgan fingerprint density at radius 1 is 0.967 bits per heavy atom. The van der Waals surface area contributed by atoms with E-state index >= 15 is 0 Å². The molecule has 0 radical (unpaired) electrons. The summed E-state index contributed by atoms with van der Waals surface area (Å²) in [6.07, 6.45) is 2.19. The maximum Gasteiger partial charge on any atom is 0.252 e. The highest BCUT2D eigenvalue weighted by molar-refractivity contribution is 5.94. The summed E-state index contributed by atoms with van der Waals surface area (Å²) in [6.45, 7) is 1.00. The summed E-state index contributed by atoms with van der Waals surface area (Å²) in [5.74, 6) is 1.52. The van der Waals surface area contributed by atoms with Gasteiger partial charge in [-0.05, 0) is 53.9 Å². The van der Waals surface area contributed by atoms with E-state index in [-0.39, 0.29) is 11.7 Å². The molecule has 0 aliphatic carbocycles. The third-order valence-corrected chi connectivity index (χ3v) is 4.56. The molecule has 1 amide bonds. The SMILES string of the molecule is COc1ccc(CCNC(=O)c2ccc(NCc3ccc(F)cc3)nc2)cc1OC. The summed E-state index contributed by atoms with van der Waals surface area (Å²) in [5, 5.41) is 6.03. The first kappa shape index (κ1) is 21.1. The van der Waals surface area contributed by atoms with Gasteiger partial charge in [-0.2, -0.15) is 0 Å². The van der Waals surface area contributed by atoms with Crippen molar-refractivity contribution in [3.63, 3.8) is 0 Å². The minimum absolute atomic E-state index is 0.187. The van der Waals surface area contributed by atoms with Crippen LogP contribution in [0.15, 0.2) is 60.8 Å². The molecule has 0 aliphatic rings. The minimum Gasteiger partial charge on any atom is -0.493 e. The van der Waals surface area contributed by atoms with Crippen LogP contribution in [0, 0.1) is 5.82 Å². The lowest BCUT2D eigenvalue weighted by Crippen LogP contribution is -2.25. The second-order valence-electron chi connectivity index (χ2n) is 6.61. The van der Waals surface area contributed by atoms with Crippen LogP contribution in [0.5, 0.6) is 11.5 Å². The second-order valence-corrected chi connectivity index (χ2v) is 6.61. The van der Waals surface area contributed by atoms with Crippen molar-refractivity contribution in [3.8, 4) is 11.5 Å². The molecule has 0 saturated carbocycles. The number of hydrogen-bond donors (Lipinski definition) is 2. The van der Waals surface area contributed by atoms with Crippen LogP contribution in [0.1, 0.15) is 21.5 Å². The van der Waals surface area contributed by atoms with Crippen molar-refractivity contribution in [1.29, 1.82) is 0 Å². The maximum absolute atomic E-state index is 12.9. The van der Waals surface area contributed by atoms with Crippen LogP contribution >= 0.6 is 0 Å². The number of amides is 1. The molecule has 2 N–H and O–H groups in total. The van der Waals surface area contributed by atoms with Crippen LogP contribution in [0.4, 0.5) is 10.2 Å². The average Bonchev–Trinajstić information content (AvgIpc) is 2.78. The molecule has 1 aromatic heterocycles. The number of benzene rings is 2. The molecule has 3 aromatic rings. The van der Waals surface area contributed by atoms with Crippen molar-refractivity contribution in [3.05, 3.63) is 83.3 Å². The van der Waals surface area contributed by atoms with Gasteiger partial charge in [0.15, 0.2) is 11.5 Å². The topological polar surface area (TPSA) is 72.5 Å². The van der Waals surface area contributed by atoms with Gasteiger partial charge in [0.1, 0.15) is 11.6 Å². The molecule has 156 valence electrons. The summed E-state index contributed by atoms with van der Waals surface area (Å²) < 4.78 is 23.5. The van der Waals surface area contributed by atoms with Crippen molar-refractivity contribution >= 4 is 11.7 Å². The van der Waals surface area contributed by atoms with Crippen molar-refractivity contribution in [1.82, 2.24) is 10.3 Å².